The molecule has 1 saturated heterocycles. The minimum atomic E-state index is 0.703. The highest BCUT2D eigenvalue weighted by Gasteiger charge is 2.30. The lowest BCUT2D eigenvalue weighted by Crippen LogP contribution is -2.42. The van der Waals surface area contributed by atoms with Crippen molar-refractivity contribution >= 4 is 0 Å². The highest BCUT2D eigenvalue weighted by Crippen LogP contribution is 2.32. The van der Waals surface area contributed by atoms with Gasteiger partial charge in [-0.3, -0.25) is 0 Å². The van der Waals surface area contributed by atoms with E-state index in [4.69, 9.17) is 4.74 Å². The van der Waals surface area contributed by atoms with Crippen LogP contribution in [-0.4, -0.2) is 26.8 Å². The molecule has 0 aromatic heterocycles. The summed E-state index contributed by atoms with van der Waals surface area (Å²) >= 11 is 0. The van der Waals surface area contributed by atoms with Crippen LogP contribution in [0.5, 0.6) is 0 Å². The van der Waals surface area contributed by atoms with Gasteiger partial charge >= 0.3 is 0 Å². The maximum absolute atomic E-state index is 5.26. The van der Waals surface area contributed by atoms with Gasteiger partial charge in [-0.25, -0.2) is 0 Å². The van der Waals surface area contributed by atoms with Gasteiger partial charge in [0.25, 0.3) is 0 Å². The lowest BCUT2D eigenvalue weighted by molar-refractivity contribution is 0.0733. The molecule has 1 N–H and O–H groups in total. The van der Waals surface area contributed by atoms with E-state index >= 15 is 0 Å². The first-order valence-electron chi connectivity index (χ1n) is 5.86. The fraction of sp³-hybridized carbons (Fsp3) is 1.00. The van der Waals surface area contributed by atoms with E-state index in [2.05, 4.69) is 26.1 Å². The van der Waals surface area contributed by atoms with Crippen LogP contribution in [0.1, 0.15) is 27.2 Å². The Hall–Kier alpha value is -0.0800. The third-order valence-corrected chi connectivity index (χ3v) is 3.60. The summed E-state index contributed by atoms with van der Waals surface area (Å²) in [7, 11) is 1.81. The molecule has 14 heavy (non-hydrogen) atoms. The van der Waals surface area contributed by atoms with Crippen molar-refractivity contribution in [2.45, 2.75) is 27.2 Å². The zero-order valence-electron chi connectivity index (χ0n) is 10.0. The number of methoxy groups -OCH3 is 1. The summed E-state index contributed by atoms with van der Waals surface area (Å²) < 4.78 is 5.26. The minimum Gasteiger partial charge on any atom is -0.384 e. The Bertz CT molecular complexity index is 158. The predicted molar refractivity (Wildman–Crippen MR) is 60.3 cm³/mol. The van der Waals surface area contributed by atoms with Crippen LogP contribution in [0.4, 0.5) is 0 Å². The van der Waals surface area contributed by atoms with Crippen molar-refractivity contribution in [3.05, 3.63) is 0 Å². The molecule has 0 bridgehead atoms. The SMILES string of the molecule is COCC(C)C1CCNCC1C(C)C. The van der Waals surface area contributed by atoms with Crippen LogP contribution in [0.25, 0.3) is 0 Å². The number of hydrogen-bond donors (Lipinski definition) is 1. The minimum absolute atomic E-state index is 0.703. The van der Waals surface area contributed by atoms with Gasteiger partial charge in [0.1, 0.15) is 0 Å². The smallest absolute Gasteiger partial charge is 0.0490 e. The van der Waals surface area contributed by atoms with Crippen LogP contribution in [0.2, 0.25) is 0 Å². The number of nitrogens with one attached hydrogen (secondary N) is 1. The van der Waals surface area contributed by atoms with Crippen LogP contribution in [0.15, 0.2) is 0 Å². The van der Waals surface area contributed by atoms with Crippen molar-refractivity contribution < 1.29 is 4.74 Å². The van der Waals surface area contributed by atoms with Crippen LogP contribution in [0, 0.1) is 23.7 Å². The molecule has 1 aliphatic heterocycles. The second kappa shape index (κ2) is 5.72. The van der Waals surface area contributed by atoms with Gasteiger partial charge in [0, 0.05) is 13.7 Å². The second-order valence-electron chi connectivity index (χ2n) is 5.00. The maximum Gasteiger partial charge on any atom is 0.0490 e. The van der Waals surface area contributed by atoms with Crippen LogP contribution in [-0.2, 0) is 4.74 Å². The fourth-order valence-electron chi connectivity index (χ4n) is 2.73. The molecule has 0 aromatic carbocycles. The average Bonchev–Trinajstić information content (AvgIpc) is 2.18. The van der Waals surface area contributed by atoms with Crippen molar-refractivity contribution in [3.8, 4) is 0 Å². The molecule has 0 saturated carbocycles. The third kappa shape index (κ3) is 2.96. The molecule has 3 unspecified atom stereocenters. The van der Waals surface area contributed by atoms with E-state index in [0.717, 1.165) is 24.4 Å². The summed E-state index contributed by atoms with van der Waals surface area (Å²) in [5, 5.41) is 3.50. The van der Waals surface area contributed by atoms with Crippen molar-refractivity contribution in [1.82, 2.24) is 5.32 Å². The Kier molecular flexibility index (Phi) is 4.90. The van der Waals surface area contributed by atoms with E-state index < -0.39 is 0 Å². The van der Waals surface area contributed by atoms with Gasteiger partial charge in [-0.1, -0.05) is 20.8 Å². The van der Waals surface area contributed by atoms with Gasteiger partial charge < -0.3 is 10.1 Å². The van der Waals surface area contributed by atoms with Crippen molar-refractivity contribution in [2.24, 2.45) is 23.7 Å². The second-order valence-corrected chi connectivity index (χ2v) is 5.00. The van der Waals surface area contributed by atoms with E-state index in [1.54, 1.807) is 0 Å². The van der Waals surface area contributed by atoms with Crippen LogP contribution < -0.4 is 5.32 Å². The molecule has 1 heterocycles. The highest BCUT2D eigenvalue weighted by atomic mass is 16.5. The summed E-state index contributed by atoms with van der Waals surface area (Å²) in [5.41, 5.74) is 0. The Labute approximate surface area is 88.4 Å². The van der Waals surface area contributed by atoms with Gasteiger partial charge in [-0.15, -0.1) is 0 Å². The first-order chi connectivity index (χ1) is 6.66. The number of piperidine rings is 1. The Morgan fingerprint density at radius 2 is 2.00 bits per heavy atom. The van der Waals surface area contributed by atoms with Crippen molar-refractivity contribution in [2.75, 3.05) is 26.8 Å². The molecule has 84 valence electrons. The molecule has 0 aromatic rings. The molecule has 2 nitrogen and oxygen atoms in total. The zero-order valence-corrected chi connectivity index (χ0v) is 10.0. The summed E-state index contributed by atoms with van der Waals surface area (Å²) in [4.78, 5) is 0. The molecule has 1 fully saturated rings. The Morgan fingerprint density at radius 1 is 1.29 bits per heavy atom. The van der Waals surface area contributed by atoms with E-state index in [-0.39, 0.29) is 0 Å². The summed E-state index contributed by atoms with van der Waals surface area (Å²) in [6.45, 7) is 10.3. The first kappa shape index (κ1) is 12.0. The van der Waals surface area contributed by atoms with Gasteiger partial charge in [-0.2, -0.15) is 0 Å². The molecule has 1 rings (SSSR count). The van der Waals surface area contributed by atoms with Gasteiger partial charge in [-0.05, 0) is 43.2 Å². The topological polar surface area (TPSA) is 21.3 Å². The first-order valence-corrected chi connectivity index (χ1v) is 5.86. The molecule has 0 aliphatic carbocycles. The lowest BCUT2D eigenvalue weighted by Gasteiger charge is -2.38. The van der Waals surface area contributed by atoms with Crippen LogP contribution in [0.3, 0.4) is 0 Å². The number of hydrogen-bond acceptors (Lipinski definition) is 2. The lowest BCUT2D eigenvalue weighted by atomic mass is 9.73. The standard InChI is InChI=1S/C12H25NO/c1-9(2)12-7-13-6-5-11(12)10(3)8-14-4/h9-13H,5-8H2,1-4H3. The zero-order chi connectivity index (χ0) is 10.6. The molecular weight excluding hydrogens is 174 g/mol. The highest BCUT2D eigenvalue weighted by molar-refractivity contribution is 4.83. The monoisotopic (exact) mass is 199 g/mol. The van der Waals surface area contributed by atoms with E-state index in [1.807, 2.05) is 7.11 Å². The molecule has 0 radical (unpaired) electrons. The summed E-state index contributed by atoms with van der Waals surface area (Å²) in [5.74, 6) is 3.16. The summed E-state index contributed by atoms with van der Waals surface area (Å²) in [6, 6.07) is 0. The molecular formula is C12H25NO. The number of ether oxygens (including phenoxy) is 1. The molecule has 0 spiro atoms. The summed E-state index contributed by atoms with van der Waals surface area (Å²) in [6.07, 6.45) is 1.31. The Balaban J connectivity index is 2.53. The predicted octanol–water partition coefficient (Wildman–Crippen LogP) is 2.15. The van der Waals surface area contributed by atoms with Crippen molar-refractivity contribution in [1.29, 1.82) is 0 Å². The molecule has 3 atom stereocenters. The largest absolute Gasteiger partial charge is 0.384 e. The van der Waals surface area contributed by atoms with E-state index in [1.165, 1.54) is 19.5 Å². The van der Waals surface area contributed by atoms with Crippen molar-refractivity contribution in [3.63, 3.8) is 0 Å². The van der Waals surface area contributed by atoms with Gasteiger partial charge in [0.05, 0.1) is 0 Å². The van der Waals surface area contributed by atoms with Gasteiger partial charge in [0.15, 0.2) is 0 Å². The number of rotatable bonds is 4. The quantitative estimate of drug-likeness (QED) is 0.749. The molecule has 1 aliphatic rings. The Morgan fingerprint density at radius 3 is 2.57 bits per heavy atom. The average molecular weight is 199 g/mol. The fourth-order valence-corrected chi connectivity index (χ4v) is 2.73. The van der Waals surface area contributed by atoms with E-state index in [0.29, 0.717) is 5.92 Å². The van der Waals surface area contributed by atoms with Crippen LogP contribution >= 0.6 is 0 Å². The van der Waals surface area contributed by atoms with Gasteiger partial charge in [0.2, 0.25) is 0 Å². The molecule has 2 heteroatoms. The molecule has 0 amide bonds. The third-order valence-electron chi connectivity index (χ3n) is 3.60. The van der Waals surface area contributed by atoms with E-state index in [9.17, 15) is 0 Å². The maximum atomic E-state index is 5.26. The normalized spacial score (nSPS) is 30.6.